The summed E-state index contributed by atoms with van der Waals surface area (Å²) < 4.78 is 5.54. The Kier molecular flexibility index (Phi) is 3.49. The molecule has 0 saturated carbocycles. The quantitative estimate of drug-likeness (QED) is 0.783. The van der Waals surface area contributed by atoms with Gasteiger partial charge in [0.15, 0.2) is 0 Å². The van der Waals surface area contributed by atoms with Crippen LogP contribution in [0.2, 0.25) is 0 Å². The monoisotopic (exact) mass is 214 g/mol. The summed E-state index contributed by atoms with van der Waals surface area (Å²) in [6.45, 7) is 2.16. The zero-order chi connectivity index (χ0) is 11.2. The first-order valence-electron chi connectivity index (χ1n) is 5.42. The largest absolute Gasteiger partial charge is 0.424 e. The highest BCUT2D eigenvalue weighted by atomic mass is 16.5. The summed E-state index contributed by atoms with van der Waals surface area (Å²) in [7, 11) is 0. The van der Waals surface area contributed by atoms with Crippen molar-refractivity contribution >= 4 is 0 Å². The van der Waals surface area contributed by atoms with E-state index < -0.39 is 0 Å². The van der Waals surface area contributed by atoms with Gasteiger partial charge in [-0.25, -0.2) is 9.97 Å². The van der Waals surface area contributed by atoms with Crippen molar-refractivity contribution in [1.29, 1.82) is 0 Å². The van der Waals surface area contributed by atoms with E-state index in [1.807, 2.05) is 18.2 Å². The molecule has 3 heteroatoms. The first kappa shape index (κ1) is 10.6. The summed E-state index contributed by atoms with van der Waals surface area (Å²) in [5, 5.41) is 0. The number of benzene rings is 1. The molecule has 16 heavy (non-hydrogen) atoms. The number of hydrogen-bond acceptors (Lipinski definition) is 3. The minimum absolute atomic E-state index is 0.385. The summed E-state index contributed by atoms with van der Waals surface area (Å²) in [6, 6.07) is 10.2. The Bertz CT molecular complexity index is 443. The third-order valence-electron chi connectivity index (χ3n) is 2.19. The number of hydrogen-bond donors (Lipinski definition) is 0. The van der Waals surface area contributed by atoms with E-state index in [0.29, 0.717) is 6.01 Å². The van der Waals surface area contributed by atoms with Gasteiger partial charge in [-0.3, -0.25) is 0 Å². The zero-order valence-corrected chi connectivity index (χ0v) is 9.26. The number of aromatic nitrogens is 2. The van der Waals surface area contributed by atoms with Crippen LogP contribution in [0.25, 0.3) is 0 Å². The molecular formula is C13H14N2O. The average molecular weight is 214 g/mol. The molecule has 1 aromatic carbocycles. The summed E-state index contributed by atoms with van der Waals surface area (Å²) in [5.41, 5.74) is 1.27. The van der Waals surface area contributed by atoms with Crippen molar-refractivity contribution < 1.29 is 4.74 Å². The van der Waals surface area contributed by atoms with E-state index in [-0.39, 0.29) is 0 Å². The molecule has 0 fully saturated rings. The van der Waals surface area contributed by atoms with Crippen molar-refractivity contribution in [1.82, 2.24) is 9.97 Å². The van der Waals surface area contributed by atoms with Gasteiger partial charge in [-0.2, -0.15) is 0 Å². The maximum Gasteiger partial charge on any atom is 0.321 e. The van der Waals surface area contributed by atoms with Gasteiger partial charge in [-0.1, -0.05) is 25.5 Å². The average Bonchev–Trinajstić information content (AvgIpc) is 2.31. The lowest BCUT2D eigenvalue weighted by molar-refractivity contribution is 0.441. The van der Waals surface area contributed by atoms with Crippen molar-refractivity contribution in [2.45, 2.75) is 19.8 Å². The van der Waals surface area contributed by atoms with Gasteiger partial charge >= 0.3 is 6.01 Å². The molecule has 0 aliphatic carbocycles. The highest BCUT2D eigenvalue weighted by molar-refractivity contribution is 5.30. The minimum atomic E-state index is 0.385. The van der Waals surface area contributed by atoms with E-state index in [1.54, 1.807) is 18.5 Å². The van der Waals surface area contributed by atoms with Gasteiger partial charge < -0.3 is 4.74 Å². The van der Waals surface area contributed by atoms with Gasteiger partial charge in [0.2, 0.25) is 0 Å². The number of aryl methyl sites for hydroxylation is 1. The van der Waals surface area contributed by atoms with Crippen LogP contribution in [-0.4, -0.2) is 9.97 Å². The molecular weight excluding hydrogens is 200 g/mol. The van der Waals surface area contributed by atoms with Gasteiger partial charge in [0.1, 0.15) is 5.75 Å². The van der Waals surface area contributed by atoms with E-state index in [2.05, 4.69) is 23.0 Å². The van der Waals surface area contributed by atoms with Crippen molar-refractivity contribution in [2.75, 3.05) is 0 Å². The Balaban J connectivity index is 2.12. The number of nitrogens with zero attached hydrogens (tertiary/aromatic N) is 2. The van der Waals surface area contributed by atoms with E-state index in [9.17, 15) is 0 Å². The second-order valence-electron chi connectivity index (χ2n) is 3.53. The van der Waals surface area contributed by atoms with Crippen LogP contribution >= 0.6 is 0 Å². The number of ether oxygens (including phenoxy) is 1. The Labute approximate surface area is 95.1 Å². The highest BCUT2D eigenvalue weighted by Crippen LogP contribution is 2.19. The van der Waals surface area contributed by atoms with Gasteiger partial charge in [0, 0.05) is 12.4 Å². The van der Waals surface area contributed by atoms with Gasteiger partial charge in [0.25, 0.3) is 0 Å². The molecule has 0 atom stereocenters. The molecule has 0 amide bonds. The van der Waals surface area contributed by atoms with Crippen LogP contribution in [0.4, 0.5) is 0 Å². The van der Waals surface area contributed by atoms with Crippen molar-refractivity contribution in [3.05, 3.63) is 48.3 Å². The van der Waals surface area contributed by atoms with Gasteiger partial charge in [0.05, 0.1) is 0 Å². The van der Waals surface area contributed by atoms with Crippen molar-refractivity contribution in [3.8, 4) is 11.8 Å². The normalized spacial score (nSPS) is 10.1. The predicted molar refractivity (Wildman–Crippen MR) is 62.5 cm³/mol. The van der Waals surface area contributed by atoms with Crippen LogP contribution in [0.1, 0.15) is 18.9 Å². The van der Waals surface area contributed by atoms with Crippen LogP contribution in [0, 0.1) is 0 Å². The topological polar surface area (TPSA) is 35.0 Å². The lowest BCUT2D eigenvalue weighted by atomic mass is 10.1. The summed E-state index contributed by atoms with van der Waals surface area (Å²) in [4.78, 5) is 8.03. The van der Waals surface area contributed by atoms with Crippen LogP contribution in [0.15, 0.2) is 42.7 Å². The van der Waals surface area contributed by atoms with E-state index >= 15 is 0 Å². The smallest absolute Gasteiger partial charge is 0.321 e. The maximum atomic E-state index is 5.54. The lowest BCUT2D eigenvalue weighted by Crippen LogP contribution is -1.91. The first-order chi connectivity index (χ1) is 7.88. The van der Waals surface area contributed by atoms with Crippen molar-refractivity contribution in [3.63, 3.8) is 0 Å². The molecule has 0 radical (unpaired) electrons. The van der Waals surface area contributed by atoms with Gasteiger partial charge in [-0.15, -0.1) is 0 Å². The molecule has 3 nitrogen and oxygen atoms in total. The standard InChI is InChI=1S/C13H14N2O/c1-2-5-11-6-3-7-12(10-11)16-13-14-8-4-9-15-13/h3-4,6-10H,2,5H2,1H3. The first-order valence-corrected chi connectivity index (χ1v) is 5.42. The van der Waals surface area contributed by atoms with E-state index in [4.69, 9.17) is 4.74 Å². The Morgan fingerprint density at radius 2 is 1.94 bits per heavy atom. The Morgan fingerprint density at radius 3 is 2.69 bits per heavy atom. The molecule has 0 aliphatic rings. The molecule has 0 unspecified atom stereocenters. The molecule has 1 aromatic heterocycles. The second kappa shape index (κ2) is 5.26. The van der Waals surface area contributed by atoms with E-state index in [0.717, 1.165) is 18.6 Å². The molecule has 0 N–H and O–H groups in total. The van der Waals surface area contributed by atoms with Crippen molar-refractivity contribution in [2.24, 2.45) is 0 Å². The molecule has 0 bridgehead atoms. The minimum Gasteiger partial charge on any atom is -0.424 e. The molecule has 1 heterocycles. The molecule has 0 saturated heterocycles. The second-order valence-corrected chi connectivity index (χ2v) is 3.53. The third-order valence-corrected chi connectivity index (χ3v) is 2.19. The van der Waals surface area contributed by atoms with Crippen LogP contribution < -0.4 is 4.74 Å². The predicted octanol–water partition coefficient (Wildman–Crippen LogP) is 3.22. The molecule has 0 spiro atoms. The molecule has 2 aromatic rings. The highest BCUT2D eigenvalue weighted by Gasteiger charge is 1.99. The third kappa shape index (κ3) is 2.79. The summed E-state index contributed by atoms with van der Waals surface area (Å²) >= 11 is 0. The maximum absolute atomic E-state index is 5.54. The molecule has 82 valence electrons. The van der Waals surface area contributed by atoms with E-state index in [1.165, 1.54) is 5.56 Å². The SMILES string of the molecule is CCCc1cccc(Oc2ncccn2)c1. The lowest BCUT2D eigenvalue weighted by Gasteiger charge is -2.04. The Morgan fingerprint density at radius 1 is 1.12 bits per heavy atom. The Hall–Kier alpha value is -1.90. The van der Waals surface area contributed by atoms with Crippen LogP contribution in [-0.2, 0) is 6.42 Å². The molecule has 2 rings (SSSR count). The molecule has 0 aliphatic heterocycles. The number of rotatable bonds is 4. The fraction of sp³-hybridized carbons (Fsp3) is 0.231. The van der Waals surface area contributed by atoms with Crippen LogP contribution in [0.3, 0.4) is 0 Å². The zero-order valence-electron chi connectivity index (χ0n) is 9.26. The summed E-state index contributed by atoms with van der Waals surface area (Å²) in [6.07, 6.45) is 5.52. The summed E-state index contributed by atoms with van der Waals surface area (Å²) in [5.74, 6) is 0.789. The van der Waals surface area contributed by atoms with Gasteiger partial charge in [-0.05, 0) is 30.2 Å². The van der Waals surface area contributed by atoms with Crippen LogP contribution in [0.5, 0.6) is 11.8 Å². The fourth-order valence-electron chi connectivity index (χ4n) is 1.50. The fourth-order valence-corrected chi connectivity index (χ4v) is 1.50.